The van der Waals surface area contributed by atoms with E-state index in [1.54, 1.807) is 61.5 Å². The zero-order valence-corrected chi connectivity index (χ0v) is 19.8. The van der Waals surface area contributed by atoms with Crippen LogP contribution in [0.15, 0.2) is 60.8 Å². The molecule has 2 aromatic carbocycles. The Morgan fingerprint density at radius 2 is 1.79 bits per heavy atom. The van der Waals surface area contributed by atoms with E-state index in [-0.39, 0.29) is 34.9 Å². The number of para-hydroxylation sites is 1. The third kappa shape index (κ3) is 6.51. The first-order valence-corrected chi connectivity index (χ1v) is 11.9. The predicted octanol–water partition coefficient (Wildman–Crippen LogP) is 4.50. The van der Waals surface area contributed by atoms with Gasteiger partial charge in [-0.25, -0.2) is 9.36 Å². The lowest BCUT2D eigenvalue weighted by molar-refractivity contribution is -0.136. The molecule has 34 heavy (non-hydrogen) atoms. The van der Waals surface area contributed by atoms with Crippen molar-refractivity contribution in [3.05, 3.63) is 83.2 Å². The van der Waals surface area contributed by atoms with E-state index in [0.29, 0.717) is 12.0 Å². The summed E-state index contributed by atoms with van der Waals surface area (Å²) < 4.78 is 30.0. The molecule has 0 radical (unpaired) electrons. The summed E-state index contributed by atoms with van der Waals surface area (Å²) in [4.78, 5) is 28.0. The fourth-order valence-electron chi connectivity index (χ4n) is 2.86. The normalized spacial score (nSPS) is 13.5. The average molecular weight is 484 g/mol. The molecule has 9 nitrogen and oxygen atoms in total. The minimum atomic E-state index is -4.16. The number of nitrogens with one attached hydrogen (secondary N) is 1. The second kappa shape index (κ2) is 11.1. The second-order valence-corrected chi connectivity index (χ2v) is 9.20. The van der Waals surface area contributed by atoms with Gasteiger partial charge in [0.1, 0.15) is 23.3 Å². The number of aromatic hydroxyl groups is 1. The van der Waals surface area contributed by atoms with Gasteiger partial charge in [-0.05, 0) is 45.0 Å². The monoisotopic (exact) mass is 484 g/mol. The van der Waals surface area contributed by atoms with Crippen molar-refractivity contribution in [2.75, 3.05) is 0 Å². The number of rotatable bonds is 10. The summed E-state index contributed by atoms with van der Waals surface area (Å²) in [5.74, 6) is -0.427. The first-order valence-electron chi connectivity index (χ1n) is 10.4. The minimum Gasteiger partial charge on any atom is -0.505 e. The Hall–Kier alpha value is -3.52. The Kier molecular flexibility index (Phi) is 8.17. The number of aldehydes is 1. The Morgan fingerprint density at radius 3 is 2.44 bits per heavy atom. The van der Waals surface area contributed by atoms with Gasteiger partial charge in [0.2, 0.25) is 0 Å². The highest BCUT2D eigenvalue weighted by Crippen LogP contribution is 2.46. The van der Waals surface area contributed by atoms with Crippen LogP contribution in [0.4, 0.5) is 0 Å². The standard InChI is InChI=1S/C24H25N2O7P/c1-16-9-11-20(12-10-16)32-24(29)18(3)26-34(30,33-21-7-5-4-6-8-21)31-15-19-13-25-17(2)23(28)22(19)14-27/h4-14,18,28H,15H2,1-3H3,(H,26,30)/t18-,34?/m0/s1. The van der Waals surface area contributed by atoms with Crippen LogP contribution in [0.5, 0.6) is 17.2 Å². The van der Waals surface area contributed by atoms with E-state index in [1.807, 2.05) is 6.92 Å². The largest absolute Gasteiger partial charge is 0.505 e. The van der Waals surface area contributed by atoms with E-state index in [2.05, 4.69) is 10.1 Å². The third-order valence-corrected chi connectivity index (χ3v) is 6.40. The number of aromatic nitrogens is 1. The van der Waals surface area contributed by atoms with Gasteiger partial charge in [-0.3, -0.25) is 14.3 Å². The van der Waals surface area contributed by atoms with Gasteiger partial charge in [0.15, 0.2) is 6.29 Å². The van der Waals surface area contributed by atoms with Crippen LogP contribution in [0.2, 0.25) is 0 Å². The van der Waals surface area contributed by atoms with Gasteiger partial charge in [0.05, 0.1) is 17.9 Å². The van der Waals surface area contributed by atoms with Crippen molar-refractivity contribution < 1.29 is 33.0 Å². The van der Waals surface area contributed by atoms with Gasteiger partial charge < -0.3 is 14.4 Å². The molecule has 3 aromatic rings. The molecular weight excluding hydrogens is 459 g/mol. The summed E-state index contributed by atoms with van der Waals surface area (Å²) >= 11 is 0. The van der Waals surface area contributed by atoms with Crippen molar-refractivity contribution in [1.29, 1.82) is 0 Å². The second-order valence-electron chi connectivity index (χ2n) is 7.51. The molecule has 2 N–H and O–H groups in total. The quantitative estimate of drug-likeness (QED) is 0.185. The number of nitrogens with zero attached hydrogens (tertiary/aromatic N) is 1. The zero-order valence-electron chi connectivity index (χ0n) is 18.9. The van der Waals surface area contributed by atoms with E-state index in [1.165, 1.54) is 13.1 Å². The van der Waals surface area contributed by atoms with Gasteiger partial charge in [-0.1, -0.05) is 35.9 Å². The Labute approximate surface area is 197 Å². The van der Waals surface area contributed by atoms with Crippen molar-refractivity contribution >= 4 is 20.0 Å². The van der Waals surface area contributed by atoms with Crippen LogP contribution in [0.3, 0.4) is 0 Å². The molecule has 0 spiro atoms. The molecule has 0 bridgehead atoms. The molecule has 1 unspecified atom stereocenters. The molecule has 0 aliphatic carbocycles. The lowest BCUT2D eigenvalue weighted by atomic mass is 10.1. The van der Waals surface area contributed by atoms with Gasteiger partial charge in [-0.15, -0.1) is 0 Å². The number of carbonyl (C=O) groups is 2. The topological polar surface area (TPSA) is 124 Å². The summed E-state index contributed by atoms with van der Waals surface area (Å²) in [6.07, 6.45) is 1.79. The molecule has 178 valence electrons. The number of aryl methyl sites for hydroxylation is 2. The van der Waals surface area contributed by atoms with Crippen LogP contribution < -0.4 is 14.3 Å². The number of hydrogen-bond donors (Lipinski definition) is 2. The van der Waals surface area contributed by atoms with Crippen molar-refractivity contribution in [3.8, 4) is 17.2 Å². The Morgan fingerprint density at radius 1 is 1.12 bits per heavy atom. The number of carbonyl (C=O) groups excluding carboxylic acids is 2. The maximum absolute atomic E-state index is 13.6. The van der Waals surface area contributed by atoms with E-state index in [4.69, 9.17) is 13.8 Å². The molecule has 10 heteroatoms. The van der Waals surface area contributed by atoms with E-state index < -0.39 is 19.8 Å². The number of benzene rings is 2. The lowest BCUT2D eigenvalue weighted by Crippen LogP contribution is -2.36. The van der Waals surface area contributed by atoms with Crippen molar-refractivity contribution in [1.82, 2.24) is 10.1 Å². The smallest absolute Gasteiger partial charge is 0.459 e. The molecule has 0 fully saturated rings. The maximum atomic E-state index is 13.6. The molecule has 0 aliphatic rings. The third-order valence-electron chi connectivity index (χ3n) is 4.78. The highest BCUT2D eigenvalue weighted by Gasteiger charge is 2.33. The zero-order chi connectivity index (χ0) is 24.7. The molecule has 0 amide bonds. The Bertz CT molecular complexity index is 1200. The SMILES string of the molecule is Cc1ccc(OC(=O)[C@H](C)NP(=O)(OCc2cnc(C)c(O)c2C=O)Oc2ccccc2)cc1. The van der Waals surface area contributed by atoms with Gasteiger partial charge in [-0.2, -0.15) is 5.09 Å². The molecular formula is C24H25N2O7P. The summed E-state index contributed by atoms with van der Waals surface area (Å²) in [7, 11) is -4.16. The first-order chi connectivity index (χ1) is 16.2. The highest BCUT2D eigenvalue weighted by molar-refractivity contribution is 7.52. The van der Waals surface area contributed by atoms with Crippen molar-refractivity contribution in [3.63, 3.8) is 0 Å². The fourth-order valence-corrected chi connectivity index (χ4v) is 4.33. The number of pyridine rings is 1. The van der Waals surface area contributed by atoms with Crippen molar-refractivity contribution in [2.24, 2.45) is 0 Å². The maximum Gasteiger partial charge on any atom is 0.459 e. The summed E-state index contributed by atoms with van der Waals surface area (Å²) in [5, 5.41) is 12.7. The highest BCUT2D eigenvalue weighted by atomic mass is 31.2. The van der Waals surface area contributed by atoms with Crippen LogP contribution in [-0.4, -0.2) is 28.4 Å². The minimum absolute atomic E-state index is 0.0365. The van der Waals surface area contributed by atoms with Crippen LogP contribution >= 0.6 is 7.75 Å². The summed E-state index contributed by atoms with van der Waals surface area (Å²) in [5.41, 5.74) is 1.43. The molecule has 1 heterocycles. The van der Waals surface area contributed by atoms with Crippen LogP contribution in [0.1, 0.15) is 34.1 Å². The molecule has 0 saturated carbocycles. The van der Waals surface area contributed by atoms with Crippen LogP contribution in [0, 0.1) is 13.8 Å². The van der Waals surface area contributed by atoms with E-state index >= 15 is 0 Å². The van der Waals surface area contributed by atoms with E-state index in [0.717, 1.165) is 5.56 Å². The predicted molar refractivity (Wildman–Crippen MR) is 125 cm³/mol. The number of hydrogen-bond acceptors (Lipinski definition) is 8. The average Bonchev–Trinajstić information content (AvgIpc) is 2.82. The van der Waals surface area contributed by atoms with E-state index in [9.17, 15) is 19.3 Å². The van der Waals surface area contributed by atoms with Crippen molar-refractivity contribution in [2.45, 2.75) is 33.4 Å². The van der Waals surface area contributed by atoms with Crippen LogP contribution in [-0.2, 0) is 20.5 Å². The van der Waals surface area contributed by atoms with Crippen LogP contribution in [0.25, 0.3) is 0 Å². The summed E-state index contributed by atoms with van der Waals surface area (Å²) in [6.45, 7) is 4.52. The van der Waals surface area contributed by atoms with Gasteiger partial charge >= 0.3 is 13.7 Å². The summed E-state index contributed by atoms with van der Waals surface area (Å²) in [6, 6.07) is 14.1. The lowest BCUT2D eigenvalue weighted by Gasteiger charge is -2.23. The number of ether oxygens (including phenoxy) is 1. The molecule has 3 rings (SSSR count). The Balaban J connectivity index is 1.79. The van der Waals surface area contributed by atoms with Gasteiger partial charge in [0.25, 0.3) is 0 Å². The fraction of sp³-hybridized carbons (Fsp3) is 0.208. The molecule has 0 saturated heterocycles. The van der Waals surface area contributed by atoms with Gasteiger partial charge in [0, 0.05) is 11.8 Å². The molecule has 0 aliphatic heterocycles. The molecule has 2 atom stereocenters. The molecule has 1 aromatic heterocycles. The first kappa shape index (κ1) is 25.1. The number of esters is 1.